The van der Waals surface area contributed by atoms with E-state index in [0.29, 0.717) is 18.1 Å². The van der Waals surface area contributed by atoms with Crippen molar-refractivity contribution in [2.75, 3.05) is 33.9 Å². The van der Waals surface area contributed by atoms with Crippen LogP contribution in [0.5, 0.6) is 0 Å². The van der Waals surface area contributed by atoms with Crippen LogP contribution in [0, 0.1) is 5.92 Å². The molecule has 0 amide bonds. The number of methoxy groups -OCH3 is 2. The van der Waals surface area contributed by atoms with Gasteiger partial charge in [0.2, 0.25) is 0 Å². The number of hydrogen-bond acceptors (Lipinski definition) is 4. The fraction of sp³-hybridized carbons (Fsp3) is 1.00. The van der Waals surface area contributed by atoms with Gasteiger partial charge in [-0.15, -0.1) is 0 Å². The second-order valence-corrected chi connectivity index (χ2v) is 5.68. The van der Waals surface area contributed by atoms with Gasteiger partial charge in [0, 0.05) is 32.8 Å². The summed E-state index contributed by atoms with van der Waals surface area (Å²) in [6.45, 7) is 5.18. The Morgan fingerprint density at radius 3 is 2.53 bits per heavy atom. The maximum atomic E-state index is 6.00. The SMILES string of the molecule is COC1CC(CN)(N2CCC(C)C(OC)C2)C1. The molecule has 0 aromatic heterocycles. The highest BCUT2D eigenvalue weighted by molar-refractivity contribution is 5.06. The first-order valence-corrected chi connectivity index (χ1v) is 6.66. The van der Waals surface area contributed by atoms with Gasteiger partial charge in [-0.25, -0.2) is 0 Å². The van der Waals surface area contributed by atoms with Crippen LogP contribution in [-0.4, -0.2) is 56.5 Å². The molecule has 1 aliphatic carbocycles. The fourth-order valence-electron chi connectivity index (χ4n) is 3.28. The van der Waals surface area contributed by atoms with E-state index in [-0.39, 0.29) is 5.54 Å². The van der Waals surface area contributed by atoms with Gasteiger partial charge in [0.1, 0.15) is 0 Å². The molecule has 0 radical (unpaired) electrons. The zero-order chi connectivity index (χ0) is 12.5. The number of likely N-dealkylation sites (tertiary alicyclic amines) is 1. The third-order valence-corrected chi connectivity index (χ3v) is 4.79. The molecule has 0 spiro atoms. The van der Waals surface area contributed by atoms with Crippen molar-refractivity contribution in [3.8, 4) is 0 Å². The molecule has 0 bridgehead atoms. The molecule has 2 atom stereocenters. The van der Waals surface area contributed by atoms with Crippen molar-refractivity contribution in [1.82, 2.24) is 4.90 Å². The Kier molecular flexibility index (Phi) is 4.08. The van der Waals surface area contributed by atoms with Gasteiger partial charge in [-0.2, -0.15) is 0 Å². The van der Waals surface area contributed by atoms with Crippen LogP contribution in [0.3, 0.4) is 0 Å². The zero-order valence-corrected chi connectivity index (χ0v) is 11.3. The quantitative estimate of drug-likeness (QED) is 0.794. The highest BCUT2D eigenvalue weighted by Gasteiger charge is 2.49. The molecule has 0 aromatic carbocycles. The summed E-state index contributed by atoms with van der Waals surface area (Å²) in [5.74, 6) is 0.657. The number of rotatable bonds is 4. The first-order valence-electron chi connectivity index (χ1n) is 6.66. The molecule has 1 heterocycles. The average molecular weight is 242 g/mol. The van der Waals surface area contributed by atoms with E-state index in [1.807, 2.05) is 7.11 Å². The van der Waals surface area contributed by atoms with E-state index < -0.39 is 0 Å². The summed E-state index contributed by atoms with van der Waals surface area (Å²) in [4.78, 5) is 2.54. The van der Waals surface area contributed by atoms with Crippen LogP contribution in [0.2, 0.25) is 0 Å². The van der Waals surface area contributed by atoms with Crippen LogP contribution < -0.4 is 5.73 Å². The molecule has 2 aliphatic rings. The van der Waals surface area contributed by atoms with Crippen LogP contribution >= 0.6 is 0 Å². The monoisotopic (exact) mass is 242 g/mol. The summed E-state index contributed by atoms with van der Waals surface area (Å²) < 4.78 is 11.0. The maximum absolute atomic E-state index is 6.00. The Hall–Kier alpha value is -0.160. The molecule has 1 saturated carbocycles. The first kappa shape index (κ1) is 13.3. The van der Waals surface area contributed by atoms with Gasteiger partial charge in [-0.05, 0) is 31.7 Å². The lowest BCUT2D eigenvalue weighted by atomic mass is 9.71. The Morgan fingerprint density at radius 1 is 1.29 bits per heavy atom. The lowest BCUT2D eigenvalue weighted by Crippen LogP contribution is -2.66. The molecule has 100 valence electrons. The molecular formula is C13H26N2O2. The minimum atomic E-state index is 0.178. The summed E-state index contributed by atoms with van der Waals surface area (Å²) in [6, 6.07) is 0. The lowest BCUT2D eigenvalue weighted by molar-refractivity contribution is -0.120. The van der Waals surface area contributed by atoms with E-state index in [4.69, 9.17) is 15.2 Å². The molecule has 2 N–H and O–H groups in total. The minimum Gasteiger partial charge on any atom is -0.381 e. The predicted octanol–water partition coefficient (Wildman–Crippen LogP) is 0.849. The molecule has 4 heteroatoms. The van der Waals surface area contributed by atoms with Crippen molar-refractivity contribution in [1.29, 1.82) is 0 Å². The smallest absolute Gasteiger partial charge is 0.0724 e. The average Bonchev–Trinajstić information content (AvgIpc) is 2.30. The lowest BCUT2D eigenvalue weighted by Gasteiger charge is -2.56. The van der Waals surface area contributed by atoms with Crippen molar-refractivity contribution in [3.05, 3.63) is 0 Å². The summed E-state index contributed by atoms with van der Waals surface area (Å²) in [5, 5.41) is 0. The van der Waals surface area contributed by atoms with E-state index in [1.54, 1.807) is 7.11 Å². The molecule has 17 heavy (non-hydrogen) atoms. The highest BCUT2D eigenvalue weighted by atomic mass is 16.5. The largest absolute Gasteiger partial charge is 0.381 e. The van der Waals surface area contributed by atoms with Crippen LogP contribution in [0.25, 0.3) is 0 Å². The summed E-state index contributed by atoms with van der Waals surface area (Å²) in [5.41, 5.74) is 6.18. The third kappa shape index (κ3) is 2.36. The van der Waals surface area contributed by atoms with Crippen LogP contribution in [-0.2, 0) is 9.47 Å². The van der Waals surface area contributed by atoms with E-state index >= 15 is 0 Å². The van der Waals surface area contributed by atoms with Crippen LogP contribution in [0.1, 0.15) is 26.2 Å². The normalized spacial score (nSPS) is 43.4. The standard InChI is InChI=1S/C13H26N2O2/c1-10-4-5-15(8-12(10)17-3)13(9-14)6-11(7-13)16-2/h10-12H,4-9,14H2,1-3H3. The van der Waals surface area contributed by atoms with Gasteiger partial charge < -0.3 is 15.2 Å². The Labute approximate surface area is 104 Å². The van der Waals surface area contributed by atoms with Gasteiger partial charge >= 0.3 is 0 Å². The summed E-state index contributed by atoms with van der Waals surface area (Å²) in [6.07, 6.45) is 4.11. The molecule has 2 unspecified atom stereocenters. The Morgan fingerprint density at radius 2 is 2.00 bits per heavy atom. The van der Waals surface area contributed by atoms with E-state index in [9.17, 15) is 0 Å². The highest BCUT2D eigenvalue weighted by Crippen LogP contribution is 2.40. The minimum absolute atomic E-state index is 0.178. The van der Waals surface area contributed by atoms with Crippen LogP contribution in [0.15, 0.2) is 0 Å². The fourth-order valence-corrected chi connectivity index (χ4v) is 3.28. The Bertz CT molecular complexity index is 254. The van der Waals surface area contributed by atoms with Gasteiger partial charge in [0.15, 0.2) is 0 Å². The molecule has 1 aliphatic heterocycles. The van der Waals surface area contributed by atoms with E-state index in [0.717, 1.165) is 32.5 Å². The van der Waals surface area contributed by atoms with E-state index in [1.165, 1.54) is 6.42 Å². The van der Waals surface area contributed by atoms with Gasteiger partial charge in [-0.3, -0.25) is 4.90 Å². The number of ether oxygens (including phenoxy) is 2. The summed E-state index contributed by atoms with van der Waals surface area (Å²) in [7, 11) is 3.61. The number of hydrogen-bond donors (Lipinski definition) is 1. The van der Waals surface area contributed by atoms with Crippen molar-refractivity contribution in [2.24, 2.45) is 11.7 Å². The molecule has 1 saturated heterocycles. The second-order valence-electron chi connectivity index (χ2n) is 5.68. The molecule has 2 fully saturated rings. The third-order valence-electron chi connectivity index (χ3n) is 4.79. The van der Waals surface area contributed by atoms with Crippen molar-refractivity contribution in [3.63, 3.8) is 0 Å². The van der Waals surface area contributed by atoms with Gasteiger partial charge in [0.05, 0.1) is 12.2 Å². The number of nitrogens with two attached hydrogens (primary N) is 1. The van der Waals surface area contributed by atoms with Gasteiger partial charge in [0.25, 0.3) is 0 Å². The molecule has 0 aromatic rings. The number of nitrogens with zero attached hydrogens (tertiary/aromatic N) is 1. The molecule has 4 nitrogen and oxygen atoms in total. The van der Waals surface area contributed by atoms with Crippen molar-refractivity contribution < 1.29 is 9.47 Å². The van der Waals surface area contributed by atoms with E-state index in [2.05, 4.69) is 11.8 Å². The summed E-state index contributed by atoms with van der Waals surface area (Å²) >= 11 is 0. The first-order chi connectivity index (χ1) is 8.15. The zero-order valence-electron chi connectivity index (χ0n) is 11.3. The second kappa shape index (κ2) is 5.22. The van der Waals surface area contributed by atoms with Crippen molar-refractivity contribution in [2.45, 2.75) is 43.9 Å². The van der Waals surface area contributed by atoms with Crippen LogP contribution in [0.4, 0.5) is 0 Å². The number of piperidine rings is 1. The van der Waals surface area contributed by atoms with Crippen molar-refractivity contribution >= 4 is 0 Å². The topological polar surface area (TPSA) is 47.7 Å². The molecule has 2 rings (SSSR count). The van der Waals surface area contributed by atoms with Gasteiger partial charge in [-0.1, -0.05) is 6.92 Å². The maximum Gasteiger partial charge on any atom is 0.0724 e. The molecular weight excluding hydrogens is 216 g/mol. The predicted molar refractivity (Wildman–Crippen MR) is 68.0 cm³/mol. The Balaban J connectivity index is 1.97.